The molecule has 0 spiro atoms. The third-order valence-electron chi connectivity index (χ3n) is 2.76. The van der Waals surface area contributed by atoms with Crippen molar-refractivity contribution in [1.29, 1.82) is 0 Å². The molecule has 1 aromatic rings. The Morgan fingerprint density at radius 2 is 2.14 bits per heavy atom. The predicted molar refractivity (Wildman–Crippen MR) is 55.1 cm³/mol. The van der Waals surface area contributed by atoms with E-state index in [2.05, 4.69) is 10.4 Å². The van der Waals surface area contributed by atoms with Crippen LogP contribution in [0.3, 0.4) is 0 Å². The van der Waals surface area contributed by atoms with Crippen LogP contribution in [-0.2, 0) is 7.05 Å². The normalized spacial score (nSPS) is 27.6. The Morgan fingerprint density at radius 1 is 1.43 bits per heavy atom. The van der Waals surface area contributed by atoms with Gasteiger partial charge in [0, 0.05) is 25.4 Å². The first-order chi connectivity index (χ1) is 6.74. The van der Waals surface area contributed by atoms with E-state index in [4.69, 9.17) is 0 Å². The first-order valence-electron chi connectivity index (χ1n) is 5.18. The molecule has 1 aromatic heterocycles. The lowest BCUT2D eigenvalue weighted by molar-refractivity contribution is 0.126. The van der Waals surface area contributed by atoms with E-state index < -0.39 is 0 Å². The van der Waals surface area contributed by atoms with Gasteiger partial charge >= 0.3 is 0 Å². The summed E-state index contributed by atoms with van der Waals surface area (Å²) < 4.78 is 1.79. The molecule has 1 heterocycles. The number of hydrogen-bond donors (Lipinski definition) is 2. The zero-order chi connectivity index (χ0) is 9.97. The molecule has 0 radical (unpaired) electrons. The van der Waals surface area contributed by atoms with Crippen LogP contribution in [0.25, 0.3) is 0 Å². The second-order valence-electron chi connectivity index (χ2n) is 4.02. The number of hydrogen-bond acceptors (Lipinski definition) is 3. The predicted octanol–water partition coefficient (Wildman–Crippen LogP) is 1.14. The third kappa shape index (κ3) is 2.26. The molecular formula is C10H17N3O. The van der Waals surface area contributed by atoms with E-state index in [-0.39, 0.29) is 6.10 Å². The van der Waals surface area contributed by atoms with Crippen molar-refractivity contribution in [3.8, 4) is 0 Å². The zero-order valence-corrected chi connectivity index (χ0v) is 8.48. The second kappa shape index (κ2) is 4.00. The molecule has 1 fully saturated rings. The van der Waals surface area contributed by atoms with E-state index in [1.54, 1.807) is 4.68 Å². The van der Waals surface area contributed by atoms with Crippen LogP contribution in [0.1, 0.15) is 25.7 Å². The molecule has 4 heteroatoms. The summed E-state index contributed by atoms with van der Waals surface area (Å²) in [6.07, 6.45) is 5.74. The van der Waals surface area contributed by atoms with Gasteiger partial charge in [0.25, 0.3) is 0 Å². The molecule has 2 rings (SSSR count). The highest BCUT2D eigenvalue weighted by atomic mass is 16.3. The maximum absolute atomic E-state index is 9.35. The van der Waals surface area contributed by atoms with Crippen LogP contribution in [0.4, 0.5) is 5.82 Å². The van der Waals surface area contributed by atoms with Crippen LogP contribution in [0.2, 0.25) is 0 Å². The Kier molecular flexibility index (Phi) is 2.72. The largest absolute Gasteiger partial charge is 0.393 e. The number of anilines is 1. The summed E-state index contributed by atoms with van der Waals surface area (Å²) in [6, 6.07) is 2.46. The number of nitrogens with one attached hydrogen (secondary N) is 1. The van der Waals surface area contributed by atoms with Crippen LogP contribution in [-0.4, -0.2) is 27.0 Å². The topological polar surface area (TPSA) is 50.1 Å². The summed E-state index contributed by atoms with van der Waals surface area (Å²) >= 11 is 0. The Morgan fingerprint density at radius 3 is 2.71 bits per heavy atom. The number of rotatable bonds is 2. The van der Waals surface area contributed by atoms with Crippen molar-refractivity contribution < 1.29 is 5.11 Å². The quantitative estimate of drug-likeness (QED) is 0.744. The van der Waals surface area contributed by atoms with Crippen molar-refractivity contribution in [1.82, 2.24) is 9.78 Å². The van der Waals surface area contributed by atoms with Crippen molar-refractivity contribution in [3.63, 3.8) is 0 Å². The van der Waals surface area contributed by atoms with Gasteiger partial charge in [-0.1, -0.05) is 0 Å². The fourth-order valence-corrected chi connectivity index (χ4v) is 1.92. The average molecular weight is 195 g/mol. The van der Waals surface area contributed by atoms with Gasteiger partial charge in [0.15, 0.2) is 0 Å². The van der Waals surface area contributed by atoms with Gasteiger partial charge in [-0.25, -0.2) is 0 Å². The molecule has 0 bridgehead atoms. The fourth-order valence-electron chi connectivity index (χ4n) is 1.92. The van der Waals surface area contributed by atoms with E-state index in [1.807, 2.05) is 19.3 Å². The number of aliphatic hydroxyl groups excluding tert-OH is 1. The smallest absolute Gasteiger partial charge is 0.148 e. The number of nitrogens with zero attached hydrogens (tertiary/aromatic N) is 2. The van der Waals surface area contributed by atoms with Crippen LogP contribution in [0.15, 0.2) is 12.3 Å². The zero-order valence-electron chi connectivity index (χ0n) is 8.48. The number of aromatic nitrogens is 2. The molecule has 1 saturated carbocycles. The molecule has 0 aromatic carbocycles. The molecule has 2 N–H and O–H groups in total. The van der Waals surface area contributed by atoms with Gasteiger partial charge in [0.05, 0.1) is 6.10 Å². The molecule has 0 aliphatic heterocycles. The highest BCUT2D eigenvalue weighted by Crippen LogP contribution is 2.21. The Labute approximate surface area is 83.9 Å². The van der Waals surface area contributed by atoms with Crippen LogP contribution >= 0.6 is 0 Å². The van der Waals surface area contributed by atoms with Gasteiger partial charge in [-0.2, -0.15) is 5.10 Å². The lowest BCUT2D eigenvalue weighted by atomic mass is 9.93. The van der Waals surface area contributed by atoms with Crippen molar-refractivity contribution in [2.45, 2.75) is 37.8 Å². The van der Waals surface area contributed by atoms with Gasteiger partial charge in [-0.15, -0.1) is 0 Å². The van der Waals surface area contributed by atoms with Crippen LogP contribution in [0.5, 0.6) is 0 Å². The third-order valence-corrected chi connectivity index (χ3v) is 2.76. The lowest BCUT2D eigenvalue weighted by Gasteiger charge is -2.25. The van der Waals surface area contributed by atoms with Gasteiger partial charge in [-0.05, 0) is 25.7 Å². The highest BCUT2D eigenvalue weighted by Gasteiger charge is 2.19. The van der Waals surface area contributed by atoms with Crippen LogP contribution in [0, 0.1) is 0 Å². The average Bonchev–Trinajstić information content (AvgIpc) is 2.56. The standard InChI is InChI=1S/C10H17N3O/c1-13-7-6-10(12-13)11-8-2-4-9(14)5-3-8/h6-9,14H,2-5H2,1H3,(H,11,12). The molecule has 1 aliphatic rings. The van der Waals surface area contributed by atoms with E-state index in [0.29, 0.717) is 6.04 Å². The summed E-state index contributed by atoms with van der Waals surface area (Å²) in [5, 5.41) is 17.0. The summed E-state index contributed by atoms with van der Waals surface area (Å²) in [7, 11) is 1.91. The second-order valence-corrected chi connectivity index (χ2v) is 4.02. The molecule has 1 aliphatic carbocycles. The fraction of sp³-hybridized carbons (Fsp3) is 0.700. The van der Waals surface area contributed by atoms with E-state index >= 15 is 0 Å². The molecular weight excluding hydrogens is 178 g/mol. The maximum Gasteiger partial charge on any atom is 0.148 e. The number of aliphatic hydroxyl groups is 1. The van der Waals surface area contributed by atoms with Gasteiger partial charge in [0.1, 0.15) is 5.82 Å². The molecule has 14 heavy (non-hydrogen) atoms. The molecule has 0 unspecified atom stereocenters. The SMILES string of the molecule is Cn1ccc(NC2CCC(O)CC2)n1. The Bertz CT molecular complexity index is 289. The molecule has 0 amide bonds. The molecule has 0 saturated heterocycles. The summed E-state index contributed by atoms with van der Waals surface area (Å²) in [5.74, 6) is 0.939. The molecule has 4 nitrogen and oxygen atoms in total. The van der Waals surface area contributed by atoms with Crippen molar-refractivity contribution in [2.24, 2.45) is 7.05 Å². The summed E-state index contributed by atoms with van der Waals surface area (Å²) in [5.41, 5.74) is 0. The van der Waals surface area contributed by atoms with Gasteiger partial charge in [0.2, 0.25) is 0 Å². The Hall–Kier alpha value is -1.03. The van der Waals surface area contributed by atoms with Gasteiger partial charge in [-0.3, -0.25) is 4.68 Å². The van der Waals surface area contributed by atoms with Gasteiger partial charge < -0.3 is 10.4 Å². The summed E-state index contributed by atoms with van der Waals surface area (Å²) in [6.45, 7) is 0. The van der Waals surface area contributed by atoms with Crippen LogP contribution < -0.4 is 5.32 Å². The van der Waals surface area contributed by atoms with Crippen molar-refractivity contribution in [2.75, 3.05) is 5.32 Å². The minimum Gasteiger partial charge on any atom is -0.393 e. The molecule has 78 valence electrons. The van der Waals surface area contributed by atoms with E-state index in [0.717, 1.165) is 31.5 Å². The minimum absolute atomic E-state index is 0.0863. The van der Waals surface area contributed by atoms with E-state index in [1.165, 1.54) is 0 Å². The minimum atomic E-state index is -0.0863. The molecule has 0 atom stereocenters. The highest BCUT2D eigenvalue weighted by molar-refractivity contribution is 5.33. The number of aryl methyl sites for hydroxylation is 1. The summed E-state index contributed by atoms with van der Waals surface area (Å²) in [4.78, 5) is 0. The lowest BCUT2D eigenvalue weighted by Crippen LogP contribution is -2.28. The van der Waals surface area contributed by atoms with Crippen molar-refractivity contribution in [3.05, 3.63) is 12.3 Å². The first kappa shape index (κ1) is 9.52. The monoisotopic (exact) mass is 195 g/mol. The maximum atomic E-state index is 9.35. The van der Waals surface area contributed by atoms with Crippen molar-refractivity contribution >= 4 is 5.82 Å². The van der Waals surface area contributed by atoms with E-state index in [9.17, 15) is 5.11 Å². The Balaban J connectivity index is 1.86. The first-order valence-corrected chi connectivity index (χ1v) is 5.18.